The van der Waals surface area contributed by atoms with Crippen LogP contribution >= 0.6 is 35.2 Å². The minimum absolute atomic E-state index is 0.0757. The largest absolute Gasteiger partial charge is 0.330 e. The summed E-state index contributed by atoms with van der Waals surface area (Å²) >= 11 is 12.5. The van der Waals surface area contributed by atoms with E-state index in [1.807, 2.05) is 12.3 Å². The first-order chi connectivity index (χ1) is 9.95. The summed E-state index contributed by atoms with van der Waals surface area (Å²) in [5.74, 6) is 0. The zero-order chi connectivity index (χ0) is 15.4. The van der Waals surface area contributed by atoms with Crippen LogP contribution in [0.25, 0.3) is 0 Å². The summed E-state index contributed by atoms with van der Waals surface area (Å²) in [6.07, 6.45) is 0. The summed E-state index contributed by atoms with van der Waals surface area (Å²) in [4.78, 5) is 14.4. The van der Waals surface area contributed by atoms with Gasteiger partial charge in [0.05, 0.1) is 21.3 Å². The van der Waals surface area contributed by atoms with Gasteiger partial charge in [0.25, 0.3) is 5.69 Å². The zero-order valence-electron chi connectivity index (χ0n) is 10.7. The van der Waals surface area contributed by atoms with E-state index in [1.165, 1.54) is 29.5 Å². The van der Waals surface area contributed by atoms with Crippen molar-refractivity contribution < 1.29 is 4.92 Å². The molecule has 1 heterocycles. The Bertz CT molecular complexity index is 691. The fourth-order valence-corrected chi connectivity index (χ4v) is 2.37. The van der Waals surface area contributed by atoms with Crippen LogP contribution in [0.1, 0.15) is 5.69 Å². The second-order valence-corrected chi connectivity index (χ2v) is 5.59. The second-order valence-electron chi connectivity index (χ2n) is 3.92. The molecule has 0 amide bonds. The molecule has 21 heavy (non-hydrogen) atoms. The molecule has 0 spiro atoms. The lowest BCUT2D eigenvalue weighted by atomic mass is 10.3. The van der Waals surface area contributed by atoms with Gasteiger partial charge in [-0.15, -0.1) is 11.3 Å². The van der Waals surface area contributed by atoms with Gasteiger partial charge in [-0.05, 0) is 25.2 Å². The predicted octanol–water partition coefficient (Wildman–Crippen LogP) is 3.33. The maximum atomic E-state index is 10.7. The number of non-ortho nitro benzene ring substituents is 1. The quantitative estimate of drug-likeness (QED) is 0.445. The Labute approximate surface area is 134 Å². The number of hydrogen-bond acceptors (Lipinski definition) is 6. The van der Waals surface area contributed by atoms with E-state index in [-0.39, 0.29) is 10.8 Å². The lowest BCUT2D eigenvalue weighted by molar-refractivity contribution is -0.384. The van der Waals surface area contributed by atoms with Crippen LogP contribution in [0.5, 0.6) is 0 Å². The Kier molecular flexibility index (Phi) is 4.89. The number of nitrogens with one attached hydrogen (secondary N) is 3. The number of halogens is 1. The molecule has 0 aliphatic heterocycles. The Morgan fingerprint density at radius 2 is 2.29 bits per heavy atom. The third-order valence-electron chi connectivity index (χ3n) is 2.31. The highest BCUT2D eigenvalue weighted by Gasteiger charge is 2.10. The average Bonchev–Trinajstić information content (AvgIpc) is 2.84. The molecule has 2 aromatic rings. The number of hydrazine groups is 1. The number of thiazole rings is 1. The number of benzene rings is 1. The number of aromatic nitrogens is 1. The van der Waals surface area contributed by atoms with E-state index in [0.29, 0.717) is 15.8 Å². The molecule has 0 fully saturated rings. The molecule has 0 atom stereocenters. The predicted molar refractivity (Wildman–Crippen MR) is 87.9 cm³/mol. The molecule has 3 N–H and O–H groups in total. The number of anilines is 2. The van der Waals surface area contributed by atoms with Crippen LogP contribution in [0.15, 0.2) is 23.6 Å². The Morgan fingerprint density at radius 1 is 1.52 bits per heavy atom. The van der Waals surface area contributed by atoms with Crippen molar-refractivity contribution in [1.29, 1.82) is 0 Å². The van der Waals surface area contributed by atoms with Crippen molar-refractivity contribution in [3.8, 4) is 0 Å². The van der Waals surface area contributed by atoms with Gasteiger partial charge in [-0.2, -0.15) is 0 Å². The SMILES string of the molecule is Cc1csc(NNC(=S)Nc2cc([N+](=O)[O-])ccc2Cl)n1. The van der Waals surface area contributed by atoms with Gasteiger partial charge in [-0.3, -0.25) is 21.0 Å². The lowest BCUT2D eigenvalue weighted by Gasteiger charge is -2.11. The van der Waals surface area contributed by atoms with E-state index >= 15 is 0 Å². The zero-order valence-corrected chi connectivity index (χ0v) is 13.1. The van der Waals surface area contributed by atoms with Gasteiger partial charge in [0.15, 0.2) is 5.11 Å². The Balaban J connectivity index is 1.99. The third kappa shape index (κ3) is 4.25. The van der Waals surface area contributed by atoms with Gasteiger partial charge in [0, 0.05) is 17.5 Å². The van der Waals surface area contributed by atoms with Crippen LogP contribution < -0.4 is 16.2 Å². The van der Waals surface area contributed by atoms with Crippen molar-refractivity contribution in [3.05, 3.63) is 44.4 Å². The van der Waals surface area contributed by atoms with Gasteiger partial charge < -0.3 is 5.32 Å². The maximum Gasteiger partial charge on any atom is 0.271 e. The molecule has 7 nitrogen and oxygen atoms in total. The van der Waals surface area contributed by atoms with Crippen LogP contribution in [-0.4, -0.2) is 15.0 Å². The van der Waals surface area contributed by atoms with Gasteiger partial charge in [-0.1, -0.05) is 11.6 Å². The van der Waals surface area contributed by atoms with Crippen molar-refractivity contribution in [2.24, 2.45) is 0 Å². The van der Waals surface area contributed by atoms with E-state index in [9.17, 15) is 10.1 Å². The van der Waals surface area contributed by atoms with E-state index in [2.05, 4.69) is 21.2 Å². The topological polar surface area (TPSA) is 92.1 Å². The van der Waals surface area contributed by atoms with E-state index in [4.69, 9.17) is 23.8 Å². The second kappa shape index (κ2) is 6.66. The third-order valence-corrected chi connectivity index (χ3v) is 3.72. The molecule has 0 aliphatic rings. The van der Waals surface area contributed by atoms with Crippen molar-refractivity contribution in [3.63, 3.8) is 0 Å². The molecule has 110 valence electrons. The summed E-state index contributed by atoms with van der Waals surface area (Å²) < 4.78 is 0. The molecule has 0 unspecified atom stereocenters. The summed E-state index contributed by atoms with van der Waals surface area (Å²) in [5, 5.41) is 16.6. The van der Waals surface area contributed by atoms with Crippen molar-refractivity contribution in [1.82, 2.24) is 10.4 Å². The van der Waals surface area contributed by atoms with Gasteiger partial charge in [0.1, 0.15) is 0 Å². The van der Waals surface area contributed by atoms with E-state index in [1.54, 1.807) is 0 Å². The molecule has 2 rings (SSSR count). The number of nitrogens with zero attached hydrogens (tertiary/aromatic N) is 2. The first-order valence-electron chi connectivity index (χ1n) is 5.65. The first-order valence-corrected chi connectivity index (χ1v) is 7.31. The number of rotatable bonds is 4. The summed E-state index contributed by atoms with van der Waals surface area (Å²) in [7, 11) is 0. The molecule has 0 bridgehead atoms. The molecule has 1 aromatic carbocycles. The highest BCUT2D eigenvalue weighted by atomic mass is 35.5. The standard InChI is InChI=1S/C11H10ClN5O2S2/c1-6-5-21-11(13-6)16-15-10(20)14-9-4-7(17(18)19)2-3-8(9)12/h2-5H,1H3,(H,13,16)(H2,14,15,20). The lowest BCUT2D eigenvalue weighted by Crippen LogP contribution is -2.33. The monoisotopic (exact) mass is 343 g/mol. The Hall–Kier alpha value is -1.97. The molecule has 1 aromatic heterocycles. The molecular formula is C11H10ClN5O2S2. The Morgan fingerprint density at radius 3 is 2.90 bits per heavy atom. The van der Waals surface area contributed by atoms with Crippen LogP contribution in [0, 0.1) is 17.0 Å². The van der Waals surface area contributed by atoms with Crippen LogP contribution in [0.3, 0.4) is 0 Å². The fraction of sp³-hybridized carbons (Fsp3) is 0.0909. The highest BCUT2D eigenvalue weighted by Crippen LogP contribution is 2.26. The summed E-state index contributed by atoms with van der Waals surface area (Å²) in [5.41, 5.74) is 6.71. The summed E-state index contributed by atoms with van der Waals surface area (Å²) in [6.45, 7) is 1.88. The average molecular weight is 344 g/mol. The minimum Gasteiger partial charge on any atom is -0.330 e. The minimum atomic E-state index is -0.505. The van der Waals surface area contributed by atoms with Crippen LogP contribution in [0.4, 0.5) is 16.5 Å². The molecule has 0 radical (unpaired) electrons. The smallest absolute Gasteiger partial charge is 0.271 e. The van der Waals surface area contributed by atoms with E-state index in [0.717, 1.165) is 5.69 Å². The molecule has 0 aliphatic carbocycles. The van der Waals surface area contributed by atoms with E-state index < -0.39 is 4.92 Å². The normalized spacial score (nSPS) is 10.0. The number of thiocarbonyl (C=S) groups is 1. The number of nitro groups is 1. The molecule has 0 saturated heterocycles. The van der Waals surface area contributed by atoms with Crippen LogP contribution in [-0.2, 0) is 0 Å². The fourth-order valence-electron chi connectivity index (χ4n) is 1.40. The maximum absolute atomic E-state index is 10.7. The van der Waals surface area contributed by atoms with Gasteiger partial charge in [0.2, 0.25) is 5.13 Å². The molecule has 0 saturated carbocycles. The number of aryl methyl sites for hydroxylation is 1. The van der Waals surface area contributed by atoms with Gasteiger partial charge in [-0.25, -0.2) is 4.98 Å². The number of nitro benzene ring substituents is 1. The first kappa shape index (κ1) is 15.4. The van der Waals surface area contributed by atoms with Crippen molar-refractivity contribution >= 4 is 56.8 Å². The summed E-state index contributed by atoms with van der Waals surface area (Å²) in [6, 6.07) is 4.06. The van der Waals surface area contributed by atoms with Crippen LogP contribution in [0.2, 0.25) is 5.02 Å². The molecular weight excluding hydrogens is 334 g/mol. The van der Waals surface area contributed by atoms with Crippen molar-refractivity contribution in [2.45, 2.75) is 6.92 Å². The van der Waals surface area contributed by atoms with Gasteiger partial charge >= 0.3 is 0 Å². The number of hydrogen-bond donors (Lipinski definition) is 3. The highest BCUT2D eigenvalue weighted by molar-refractivity contribution is 7.80. The molecule has 10 heteroatoms. The van der Waals surface area contributed by atoms with Crippen molar-refractivity contribution in [2.75, 3.05) is 10.7 Å².